The van der Waals surface area contributed by atoms with Crippen LogP contribution in [0, 0.1) is 17.8 Å². The van der Waals surface area contributed by atoms with Crippen molar-refractivity contribution in [2.45, 2.75) is 362 Å². The van der Waals surface area contributed by atoms with Crippen molar-refractivity contribution < 1.29 is 80.2 Å². The van der Waals surface area contributed by atoms with Gasteiger partial charge in [0, 0.05) is 25.7 Å². The Kier molecular flexibility index (Phi) is 58.7. The summed E-state index contributed by atoms with van der Waals surface area (Å²) in [4.78, 5) is 72.5. The SMILES string of the molecule is CCCCCCCCCCCCCC(=O)OC[C@H](COP(=O)(O)OC[C@H](O)COP(=O)(O)OC[C@@H](COC(=O)CCCCCCCCCCC(C)CC)OC(=O)CCCCCCCCCCCCCC(C)C)OC(=O)CCCCCCCCCCC(C)C. The number of phosphoric acid groups is 2. The fourth-order valence-corrected chi connectivity index (χ4v) is 11.9. The van der Waals surface area contributed by atoms with E-state index in [0.29, 0.717) is 25.7 Å². The second kappa shape index (κ2) is 60.0. The minimum absolute atomic E-state index is 0.104. The zero-order valence-electron chi connectivity index (χ0n) is 57.2. The van der Waals surface area contributed by atoms with Gasteiger partial charge in [0.1, 0.15) is 19.3 Å². The number of rotatable bonds is 67. The number of unbranched alkanes of at least 4 members (excludes halogenated alkanes) is 34. The first kappa shape index (κ1) is 86.1. The Hall–Kier alpha value is -1.94. The van der Waals surface area contributed by atoms with Crippen molar-refractivity contribution in [2.75, 3.05) is 39.6 Å². The molecule has 6 atom stereocenters. The van der Waals surface area contributed by atoms with E-state index in [1.165, 1.54) is 154 Å². The largest absolute Gasteiger partial charge is 0.472 e. The van der Waals surface area contributed by atoms with Crippen molar-refractivity contribution >= 4 is 39.5 Å². The molecule has 0 aromatic rings. The molecule has 3 N–H and O–H groups in total. The van der Waals surface area contributed by atoms with Crippen LogP contribution in [0.15, 0.2) is 0 Å². The molecule has 0 aromatic heterocycles. The Labute approximate surface area is 537 Å². The molecule has 19 heteroatoms. The predicted octanol–water partition coefficient (Wildman–Crippen LogP) is 19.5. The smallest absolute Gasteiger partial charge is 0.462 e. The van der Waals surface area contributed by atoms with Crippen LogP contribution in [0.25, 0.3) is 0 Å². The van der Waals surface area contributed by atoms with Gasteiger partial charge in [0.25, 0.3) is 0 Å². The summed E-state index contributed by atoms with van der Waals surface area (Å²) < 4.78 is 68.2. The van der Waals surface area contributed by atoms with Crippen LogP contribution in [0.3, 0.4) is 0 Å². The number of phosphoric ester groups is 2. The molecule has 0 radical (unpaired) electrons. The van der Waals surface area contributed by atoms with Gasteiger partial charge in [-0.1, -0.05) is 292 Å². The Morgan fingerprint density at radius 3 is 0.864 bits per heavy atom. The third-order valence-electron chi connectivity index (χ3n) is 16.2. The average Bonchev–Trinajstić information content (AvgIpc) is 3.70. The number of aliphatic hydroxyl groups excluding tert-OH is 1. The minimum Gasteiger partial charge on any atom is -0.462 e. The molecule has 0 aliphatic carbocycles. The highest BCUT2D eigenvalue weighted by atomic mass is 31.2. The molecule has 0 aromatic carbocycles. The van der Waals surface area contributed by atoms with E-state index in [4.69, 9.17) is 37.0 Å². The van der Waals surface area contributed by atoms with Crippen LogP contribution in [0.4, 0.5) is 0 Å². The lowest BCUT2D eigenvalue weighted by atomic mass is 9.99. The number of ether oxygens (including phenoxy) is 4. The summed E-state index contributed by atoms with van der Waals surface area (Å²) in [5.74, 6) is 0.132. The van der Waals surface area contributed by atoms with Crippen LogP contribution in [0.1, 0.15) is 344 Å². The zero-order chi connectivity index (χ0) is 65.2. The van der Waals surface area contributed by atoms with E-state index >= 15 is 0 Å². The van der Waals surface area contributed by atoms with E-state index in [1.54, 1.807) is 0 Å². The van der Waals surface area contributed by atoms with Crippen LogP contribution in [-0.4, -0.2) is 96.7 Å². The minimum atomic E-state index is -4.95. The second-order valence-electron chi connectivity index (χ2n) is 26.1. The maximum atomic E-state index is 13.0. The van der Waals surface area contributed by atoms with Crippen LogP contribution < -0.4 is 0 Å². The number of esters is 4. The molecule has 0 saturated heterocycles. The molecule has 0 spiro atoms. The van der Waals surface area contributed by atoms with Gasteiger partial charge in [0.05, 0.1) is 26.4 Å². The van der Waals surface area contributed by atoms with Gasteiger partial charge in [-0.3, -0.25) is 37.3 Å². The van der Waals surface area contributed by atoms with Crippen molar-refractivity contribution in [3.8, 4) is 0 Å². The van der Waals surface area contributed by atoms with Crippen LogP contribution in [0.2, 0.25) is 0 Å². The van der Waals surface area contributed by atoms with E-state index in [-0.39, 0.29) is 25.7 Å². The molecule has 0 saturated carbocycles. The summed E-state index contributed by atoms with van der Waals surface area (Å²) in [5, 5.41) is 10.6. The first-order chi connectivity index (χ1) is 42.3. The van der Waals surface area contributed by atoms with E-state index in [1.807, 2.05) is 0 Å². The lowest BCUT2D eigenvalue weighted by Crippen LogP contribution is -2.30. The highest BCUT2D eigenvalue weighted by Gasteiger charge is 2.30. The van der Waals surface area contributed by atoms with Crippen LogP contribution in [0.5, 0.6) is 0 Å². The van der Waals surface area contributed by atoms with Gasteiger partial charge in [-0.25, -0.2) is 9.13 Å². The molecule has 522 valence electrons. The molecule has 17 nitrogen and oxygen atoms in total. The number of aliphatic hydroxyl groups is 1. The molecular formula is C69H134O17P2. The van der Waals surface area contributed by atoms with E-state index < -0.39 is 97.5 Å². The molecule has 0 bridgehead atoms. The fourth-order valence-electron chi connectivity index (χ4n) is 10.3. The van der Waals surface area contributed by atoms with E-state index in [9.17, 15) is 43.2 Å². The normalized spacial score (nSPS) is 14.5. The fraction of sp³-hybridized carbons (Fsp3) is 0.942. The van der Waals surface area contributed by atoms with Crippen LogP contribution in [-0.2, 0) is 65.4 Å². The molecular weight excluding hydrogens is 1160 g/mol. The van der Waals surface area contributed by atoms with E-state index in [2.05, 4.69) is 48.5 Å². The van der Waals surface area contributed by atoms with Gasteiger partial charge in [-0.15, -0.1) is 0 Å². The topological polar surface area (TPSA) is 237 Å². The first-order valence-electron chi connectivity index (χ1n) is 35.9. The summed E-state index contributed by atoms with van der Waals surface area (Å²) in [6, 6.07) is 0. The van der Waals surface area contributed by atoms with E-state index in [0.717, 1.165) is 108 Å². The molecule has 88 heavy (non-hydrogen) atoms. The van der Waals surface area contributed by atoms with Crippen molar-refractivity contribution in [1.29, 1.82) is 0 Å². The highest BCUT2D eigenvalue weighted by molar-refractivity contribution is 7.47. The molecule has 0 fully saturated rings. The molecule has 0 heterocycles. The average molecular weight is 1300 g/mol. The van der Waals surface area contributed by atoms with Crippen molar-refractivity contribution in [1.82, 2.24) is 0 Å². The summed E-state index contributed by atoms with van der Waals surface area (Å²) >= 11 is 0. The standard InChI is InChI=1S/C69H134O17P2/c1-8-10-11-12-13-14-16-20-29-36-43-50-66(71)79-56-65(86-69(74)53-46-39-32-24-22-27-34-41-48-61(5)6)59-84-88(77,78)82-55-63(70)54-81-87(75,76)83-58-64(57-80-67(72)51-44-37-30-25-23-28-35-42-49-62(7)9-2)85-68(73)52-45-38-31-21-18-15-17-19-26-33-40-47-60(3)4/h60-65,70H,8-59H2,1-7H3,(H,75,76)(H,77,78)/t62?,63-,64-,65-/m1/s1. The molecule has 3 unspecified atom stereocenters. The lowest BCUT2D eigenvalue weighted by molar-refractivity contribution is -0.161. The Morgan fingerprint density at radius 1 is 0.330 bits per heavy atom. The molecule has 0 aliphatic heterocycles. The molecule has 0 aliphatic rings. The van der Waals surface area contributed by atoms with Gasteiger partial charge in [-0.05, 0) is 43.4 Å². The molecule has 0 rings (SSSR count). The lowest BCUT2D eigenvalue weighted by Gasteiger charge is -2.21. The maximum absolute atomic E-state index is 13.0. The maximum Gasteiger partial charge on any atom is 0.472 e. The number of hydrogen-bond acceptors (Lipinski definition) is 15. The Morgan fingerprint density at radius 2 is 0.580 bits per heavy atom. The summed E-state index contributed by atoms with van der Waals surface area (Å²) in [6.07, 6.45) is 42.9. The monoisotopic (exact) mass is 1300 g/mol. The molecule has 0 amide bonds. The van der Waals surface area contributed by atoms with Crippen molar-refractivity contribution in [3.05, 3.63) is 0 Å². The number of carbonyl (C=O) groups excluding carboxylic acids is 4. The number of carbonyl (C=O) groups is 4. The van der Waals surface area contributed by atoms with Gasteiger partial charge in [-0.2, -0.15) is 0 Å². The third-order valence-corrected chi connectivity index (χ3v) is 18.1. The second-order valence-corrected chi connectivity index (χ2v) is 29.0. The quantitative estimate of drug-likeness (QED) is 0.0222. The first-order valence-corrected chi connectivity index (χ1v) is 38.9. The predicted molar refractivity (Wildman–Crippen MR) is 354 cm³/mol. The third kappa shape index (κ3) is 61.6. The number of hydrogen-bond donors (Lipinski definition) is 3. The summed E-state index contributed by atoms with van der Waals surface area (Å²) in [7, 11) is -9.90. The summed E-state index contributed by atoms with van der Waals surface area (Å²) in [5.41, 5.74) is 0. The van der Waals surface area contributed by atoms with Crippen molar-refractivity contribution in [2.24, 2.45) is 17.8 Å². The zero-order valence-corrected chi connectivity index (χ0v) is 59.0. The Bertz CT molecular complexity index is 1730. The van der Waals surface area contributed by atoms with Gasteiger partial charge >= 0.3 is 39.5 Å². The Balaban J connectivity index is 5.26. The summed E-state index contributed by atoms with van der Waals surface area (Å²) in [6.45, 7) is 11.8. The van der Waals surface area contributed by atoms with Crippen LogP contribution >= 0.6 is 15.6 Å². The van der Waals surface area contributed by atoms with Gasteiger partial charge in [0.2, 0.25) is 0 Å². The van der Waals surface area contributed by atoms with Crippen molar-refractivity contribution in [3.63, 3.8) is 0 Å². The highest BCUT2D eigenvalue weighted by Crippen LogP contribution is 2.45. The van der Waals surface area contributed by atoms with Gasteiger partial charge < -0.3 is 33.8 Å². The van der Waals surface area contributed by atoms with Gasteiger partial charge in [0.15, 0.2) is 12.2 Å².